The molecule has 1 aromatic carbocycles. The summed E-state index contributed by atoms with van der Waals surface area (Å²) in [6.45, 7) is 8.23. The van der Waals surface area contributed by atoms with Crippen molar-refractivity contribution >= 4 is 35.2 Å². The van der Waals surface area contributed by atoms with E-state index in [-0.39, 0.29) is 17.8 Å². The van der Waals surface area contributed by atoms with Crippen LogP contribution in [-0.4, -0.2) is 44.3 Å². The number of thioether (sulfide) groups is 2. The molecule has 7 heteroatoms. The maximum absolute atomic E-state index is 13.5. The Bertz CT molecular complexity index is 1110. The molecule has 0 radical (unpaired) electrons. The molecule has 0 aliphatic carbocycles. The van der Waals surface area contributed by atoms with Crippen molar-refractivity contribution < 1.29 is 9.53 Å². The third kappa shape index (κ3) is 3.33. The van der Waals surface area contributed by atoms with Gasteiger partial charge >= 0.3 is 5.97 Å². The summed E-state index contributed by atoms with van der Waals surface area (Å²) < 4.78 is 6.02. The van der Waals surface area contributed by atoms with E-state index in [1.54, 1.807) is 29.9 Å². The second kappa shape index (κ2) is 7.48. The summed E-state index contributed by atoms with van der Waals surface area (Å²) in [4.78, 5) is 27.6. The van der Waals surface area contributed by atoms with Crippen LogP contribution in [0.15, 0.2) is 63.4 Å². The first-order valence-corrected chi connectivity index (χ1v) is 12.4. The first kappa shape index (κ1) is 20.8. The normalized spacial score (nSPS) is 27.6. The number of benzene rings is 1. The van der Waals surface area contributed by atoms with Crippen LogP contribution in [0.4, 0.5) is 0 Å². The number of nitrogens with zero attached hydrogens (tertiary/aromatic N) is 3. The summed E-state index contributed by atoms with van der Waals surface area (Å²) >= 11 is 3.44. The van der Waals surface area contributed by atoms with Crippen molar-refractivity contribution in [3.63, 3.8) is 0 Å². The average Bonchev–Trinajstić information content (AvgIpc) is 3.49. The number of rotatable bonds is 4. The van der Waals surface area contributed by atoms with E-state index >= 15 is 0 Å². The fourth-order valence-corrected chi connectivity index (χ4v) is 7.20. The molecule has 31 heavy (non-hydrogen) atoms. The van der Waals surface area contributed by atoms with Crippen molar-refractivity contribution in [3.05, 3.63) is 59.4 Å². The molecule has 3 unspecified atom stereocenters. The van der Waals surface area contributed by atoms with Gasteiger partial charge in [0.25, 0.3) is 0 Å². The molecule has 3 aliphatic heterocycles. The highest BCUT2D eigenvalue weighted by Crippen LogP contribution is 2.61. The summed E-state index contributed by atoms with van der Waals surface area (Å²) in [6.07, 6.45) is 3.84. The van der Waals surface area contributed by atoms with Crippen LogP contribution in [0.2, 0.25) is 0 Å². The van der Waals surface area contributed by atoms with Gasteiger partial charge in [-0.1, -0.05) is 42.0 Å². The first-order valence-electron chi connectivity index (χ1n) is 10.5. The van der Waals surface area contributed by atoms with Gasteiger partial charge < -0.3 is 4.74 Å². The Morgan fingerprint density at radius 3 is 2.77 bits per heavy atom. The Balaban J connectivity index is 1.62. The van der Waals surface area contributed by atoms with Crippen LogP contribution in [-0.2, 0) is 9.53 Å². The van der Waals surface area contributed by atoms with Gasteiger partial charge in [0, 0.05) is 28.9 Å². The number of fused-ring (bicyclic) bond motifs is 4. The minimum atomic E-state index is -0.964. The van der Waals surface area contributed by atoms with Crippen molar-refractivity contribution in [3.8, 4) is 0 Å². The van der Waals surface area contributed by atoms with Gasteiger partial charge in [0.15, 0.2) is 0 Å². The molecule has 1 fully saturated rings. The van der Waals surface area contributed by atoms with Crippen LogP contribution in [0.5, 0.6) is 0 Å². The molecular weight excluding hydrogens is 426 g/mol. The molecule has 5 nitrogen and oxygen atoms in total. The lowest BCUT2D eigenvalue weighted by molar-refractivity contribution is -0.176. The smallest absolute Gasteiger partial charge is 0.341 e. The van der Waals surface area contributed by atoms with Crippen LogP contribution in [0, 0.1) is 5.92 Å². The van der Waals surface area contributed by atoms with Crippen molar-refractivity contribution in [2.24, 2.45) is 10.9 Å². The summed E-state index contributed by atoms with van der Waals surface area (Å²) in [5.41, 5.74) is 2.61. The topological polar surface area (TPSA) is 64.4 Å². The molecule has 0 amide bonds. The van der Waals surface area contributed by atoms with Gasteiger partial charge in [0.05, 0.1) is 5.71 Å². The second-order valence-electron chi connectivity index (χ2n) is 8.97. The predicted octanol–water partition coefficient (Wildman–Crippen LogP) is 4.92. The largest absolute Gasteiger partial charge is 0.457 e. The highest BCUT2D eigenvalue weighted by Gasteiger charge is 2.70. The van der Waals surface area contributed by atoms with E-state index in [9.17, 15) is 4.79 Å². The summed E-state index contributed by atoms with van der Waals surface area (Å²) in [5.74, 6) is 1.43. The van der Waals surface area contributed by atoms with Gasteiger partial charge in [-0.05, 0) is 33.3 Å². The molecule has 3 atom stereocenters. The zero-order valence-electron chi connectivity index (χ0n) is 18.1. The van der Waals surface area contributed by atoms with Crippen LogP contribution in [0.1, 0.15) is 44.7 Å². The summed E-state index contributed by atoms with van der Waals surface area (Å²) in [5, 5.41) is 1.92. The van der Waals surface area contributed by atoms with Gasteiger partial charge in [-0.15, -0.1) is 23.5 Å². The lowest BCUT2D eigenvalue weighted by Gasteiger charge is -2.49. The molecule has 160 valence electrons. The number of carbonyl (C=O) groups excluding carboxylic acids is 1. The maximum atomic E-state index is 13.5. The van der Waals surface area contributed by atoms with E-state index in [0.717, 1.165) is 38.4 Å². The molecular formula is C24H25N3O2S2. The van der Waals surface area contributed by atoms with Crippen LogP contribution < -0.4 is 0 Å². The van der Waals surface area contributed by atoms with Crippen molar-refractivity contribution in [1.82, 2.24) is 9.97 Å². The van der Waals surface area contributed by atoms with E-state index in [1.165, 1.54) is 5.57 Å². The van der Waals surface area contributed by atoms with Crippen LogP contribution in [0.3, 0.4) is 0 Å². The van der Waals surface area contributed by atoms with Gasteiger partial charge in [-0.2, -0.15) is 0 Å². The molecule has 2 aromatic rings. The number of cyclic esters (lactones) is 1. The third-order valence-corrected chi connectivity index (χ3v) is 8.35. The number of allylic oxidation sites excluding steroid dienone is 1. The first-order chi connectivity index (χ1) is 14.8. The van der Waals surface area contributed by atoms with Crippen molar-refractivity contribution in [1.29, 1.82) is 0 Å². The number of hydrogen-bond acceptors (Lipinski definition) is 7. The Hall–Kier alpha value is -2.12. The minimum Gasteiger partial charge on any atom is -0.457 e. The highest BCUT2D eigenvalue weighted by atomic mass is 32.2. The third-order valence-electron chi connectivity index (χ3n) is 6.29. The fraction of sp³-hybridized carbons (Fsp3) is 0.417. The Labute approximate surface area is 191 Å². The standard InChI is InChI=1S/C24H25N3O2S2/c1-14(2)10-11-30-20-17-18-16(12-31-21(17)26-13-25-20)23(3,4)29-22(28)24(18)19(27-24)15-8-6-5-7-9-15/h5-10,13,16,18H,11-12H2,1-4H3. The lowest BCUT2D eigenvalue weighted by Crippen LogP contribution is -2.58. The monoisotopic (exact) mass is 451 g/mol. The van der Waals surface area contributed by atoms with Crippen LogP contribution in [0.25, 0.3) is 0 Å². The average molecular weight is 452 g/mol. The number of aliphatic imine (C=N–C) groups is 1. The molecule has 1 saturated heterocycles. The summed E-state index contributed by atoms with van der Waals surface area (Å²) in [7, 11) is 0. The SMILES string of the molecule is CC(C)=CCSc1ncnc2c1C1C(CS2)C(C)(C)OC(=O)C12N=C2c1ccccc1. The number of carbonyl (C=O) groups is 1. The predicted molar refractivity (Wildman–Crippen MR) is 125 cm³/mol. The molecule has 4 heterocycles. The molecule has 5 rings (SSSR count). The van der Waals surface area contributed by atoms with E-state index in [0.29, 0.717) is 0 Å². The van der Waals surface area contributed by atoms with E-state index in [2.05, 4.69) is 29.9 Å². The molecule has 0 bridgehead atoms. The molecule has 1 spiro atoms. The minimum absolute atomic E-state index is 0.120. The maximum Gasteiger partial charge on any atom is 0.341 e. The van der Waals surface area contributed by atoms with Gasteiger partial charge in [-0.3, -0.25) is 4.99 Å². The highest BCUT2D eigenvalue weighted by molar-refractivity contribution is 8.00. The Kier molecular flexibility index (Phi) is 5.01. The number of esters is 1. The van der Waals surface area contributed by atoms with E-state index in [1.807, 2.05) is 44.2 Å². The molecule has 3 aliphatic rings. The van der Waals surface area contributed by atoms with Gasteiger partial charge in [0.1, 0.15) is 22.0 Å². The number of aromatic nitrogens is 2. The van der Waals surface area contributed by atoms with Crippen molar-refractivity contribution in [2.75, 3.05) is 11.5 Å². The van der Waals surface area contributed by atoms with Crippen molar-refractivity contribution in [2.45, 2.75) is 54.8 Å². The van der Waals surface area contributed by atoms with Gasteiger partial charge in [-0.25, -0.2) is 14.8 Å². The summed E-state index contributed by atoms with van der Waals surface area (Å²) in [6, 6.07) is 9.96. The Morgan fingerprint density at radius 1 is 1.26 bits per heavy atom. The van der Waals surface area contributed by atoms with E-state index in [4.69, 9.17) is 9.73 Å². The van der Waals surface area contributed by atoms with E-state index < -0.39 is 11.1 Å². The molecule has 1 aromatic heterocycles. The quantitative estimate of drug-likeness (QED) is 0.285. The van der Waals surface area contributed by atoms with Gasteiger partial charge in [0.2, 0.25) is 5.54 Å². The Morgan fingerprint density at radius 2 is 2.03 bits per heavy atom. The zero-order valence-corrected chi connectivity index (χ0v) is 19.7. The molecule has 0 saturated carbocycles. The van der Waals surface area contributed by atoms with Crippen LogP contribution >= 0.6 is 23.5 Å². The lowest BCUT2D eigenvalue weighted by atomic mass is 9.66. The number of hydrogen-bond donors (Lipinski definition) is 0. The molecule has 0 N–H and O–H groups in total. The zero-order chi connectivity index (χ0) is 21.8. The second-order valence-corrected chi connectivity index (χ2v) is 11.0. The number of ether oxygens (including phenoxy) is 1. The fourth-order valence-electron chi connectivity index (χ4n) is 4.62.